The Balaban J connectivity index is 2.76. The lowest BCUT2D eigenvalue weighted by atomic mass is 10.3. The molecule has 1 heterocycles. The van der Waals surface area contributed by atoms with E-state index in [0.29, 0.717) is 11.4 Å². The summed E-state index contributed by atoms with van der Waals surface area (Å²) in [6.45, 7) is 0.468. The largest absolute Gasteiger partial charge is 0.481 e. The summed E-state index contributed by atoms with van der Waals surface area (Å²) < 4.78 is 25.9. The van der Waals surface area contributed by atoms with Gasteiger partial charge in [-0.15, -0.1) is 11.3 Å². The van der Waals surface area contributed by atoms with Gasteiger partial charge >= 0.3 is 5.97 Å². The number of carbonyl (C=O) groups is 1. The fourth-order valence-corrected chi connectivity index (χ4v) is 4.63. The quantitative estimate of drug-likeness (QED) is 0.738. The number of nitrogens with zero attached hydrogens (tertiary/aromatic N) is 1. The van der Waals surface area contributed by atoms with Gasteiger partial charge in [0, 0.05) is 18.5 Å². The Morgan fingerprint density at radius 1 is 1.47 bits per heavy atom. The summed E-state index contributed by atoms with van der Waals surface area (Å²) in [6, 6.07) is 3.03. The van der Waals surface area contributed by atoms with Crippen molar-refractivity contribution in [1.82, 2.24) is 4.31 Å². The molecule has 0 aliphatic rings. The van der Waals surface area contributed by atoms with Gasteiger partial charge in [0.2, 0.25) is 0 Å². The predicted molar refractivity (Wildman–Crippen MR) is 78.5 cm³/mol. The fraction of sp³-hybridized carbons (Fsp3) is 0.545. The van der Waals surface area contributed by atoms with Crippen molar-refractivity contribution in [3.63, 3.8) is 0 Å². The Hall–Kier alpha value is -0.570. The molecule has 19 heavy (non-hydrogen) atoms. The van der Waals surface area contributed by atoms with Crippen molar-refractivity contribution in [2.24, 2.45) is 0 Å². The third-order valence-corrected chi connectivity index (χ3v) is 6.55. The van der Waals surface area contributed by atoms with Crippen LogP contribution in [0.3, 0.4) is 0 Å². The van der Waals surface area contributed by atoms with Crippen LogP contribution in [0, 0.1) is 0 Å². The maximum atomic E-state index is 12.2. The van der Waals surface area contributed by atoms with E-state index in [0.717, 1.165) is 23.5 Å². The van der Waals surface area contributed by atoms with E-state index in [4.69, 9.17) is 5.11 Å². The zero-order chi connectivity index (χ0) is 14.5. The molecule has 0 aliphatic carbocycles. The molecule has 1 rings (SSSR count). The average molecular weight is 323 g/mol. The topological polar surface area (TPSA) is 74.7 Å². The molecule has 1 aromatic heterocycles. The van der Waals surface area contributed by atoms with Crippen molar-refractivity contribution < 1.29 is 18.3 Å². The van der Waals surface area contributed by atoms with E-state index >= 15 is 0 Å². The summed E-state index contributed by atoms with van der Waals surface area (Å²) in [4.78, 5) is 11.1. The zero-order valence-electron chi connectivity index (χ0n) is 10.8. The zero-order valence-corrected chi connectivity index (χ0v) is 13.3. The molecule has 0 spiro atoms. The van der Waals surface area contributed by atoms with Crippen LogP contribution >= 0.6 is 23.1 Å². The van der Waals surface area contributed by atoms with Gasteiger partial charge in [-0.2, -0.15) is 11.8 Å². The molecule has 0 amide bonds. The molecule has 0 saturated carbocycles. The lowest BCUT2D eigenvalue weighted by Crippen LogP contribution is -2.27. The molecule has 0 fully saturated rings. The van der Waals surface area contributed by atoms with Crippen molar-refractivity contribution in [3.05, 3.63) is 17.0 Å². The predicted octanol–water partition coefficient (Wildman–Crippen LogP) is 1.75. The van der Waals surface area contributed by atoms with E-state index < -0.39 is 16.0 Å². The number of hydrogen-bond acceptors (Lipinski definition) is 5. The number of carboxylic acids is 1. The minimum absolute atomic E-state index is 0.142. The molecule has 0 aromatic carbocycles. The molecule has 1 N–H and O–H groups in total. The van der Waals surface area contributed by atoms with E-state index in [9.17, 15) is 13.2 Å². The van der Waals surface area contributed by atoms with Gasteiger partial charge in [-0.1, -0.05) is 0 Å². The standard InChI is InChI=1S/C11H17NO4S3/c1-12(6-3-7-17-2)19(15,16)11-5-4-9(18-11)8-10(13)14/h4-5H,3,6-8H2,1-2H3,(H,13,14). The van der Waals surface area contributed by atoms with Crippen molar-refractivity contribution >= 4 is 39.1 Å². The van der Waals surface area contributed by atoms with Gasteiger partial charge in [0.05, 0.1) is 6.42 Å². The van der Waals surface area contributed by atoms with Crippen molar-refractivity contribution in [1.29, 1.82) is 0 Å². The second kappa shape index (κ2) is 7.28. The third-order valence-electron chi connectivity index (χ3n) is 2.45. The summed E-state index contributed by atoms with van der Waals surface area (Å²) in [5, 5.41) is 8.68. The summed E-state index contributed by atoms with van der Waals surface area (Å²) in [5.41, 5.74) is 0. The second-order valence-electron chi connectivity index (χ2n) is 3.96. The van der Waals surface area contributed by atoms with Crippen LogP contribution in [0.25, 0.3) is 0 Å². The molecule has 0 atom stereocenters. The summed E-state index contributed by atoms with van der Waals surface area (Å²) in [7, 11) is -1.94. The monoisotopic (exact) mass is 323 g/mol. The highest BCUT2D eigenvalue weighted by atomic mass is 32.2. The molecular weight excluding hydrogens is 306 g/mol. The molecule has 0 radical (unpaired) electrons. The number of sulfonamides is 1. The van der Waals surface area contributed by atoms with Crippen molar-refractivity contribution in [2.75, 3.05) is 25.6 Å². The normalized spacial score (nSPS) is 11.9. The first-order valence-corrected chi connectivity index (χ1v) is 9.28. The first-order chi connectivity index (χ1) is 8.87. The van der Waals surface area contributed by atoms with Crippen molar-refractivity contribution in [2.45, 2.75) is 17.1 Å². The molecule has 0 bridgehead atoms. The average Bonchev–Trinajstić information content (AvgIpc) is 2.77. The van der Waals surface area contributed by atoms with Crippen LogP contribution in [-0.2, 0) is 21.2 Å². The van der Waals surface area contributed by atoms with Gasteiger partial charge in [0.15, 0.2) is 0 Å². The van der Waals surface area contributed by atoms with Crippen LogP contribution in [0.1, 0.15) is 11.3 Å². The Morgan fingerprint density at radius 2 is 2.16 bits per heavy atom. The van der Waals surface area contributed by atoms with Gasteiger partial charge in [-0.3, -0.25) is 4.79 Å². The third kappa shape index (κ3) is 4.79. The van der Waals surface area contributed by atoms with E-state index in [2.05, 4.69) is 0 Å². The Labute approximate surface area is 121 Å². The first-order valence-electron chi connectivity index (χ1n) is 5.63. The summed E-state index contributed by atoms with van der Waals surface area (Å²) >= 11 is 2.70. The molecule has 0 unspecified atom stereocenters. The highest BCUT2D eigenvalue weighted by Gasteiger charge is 2.22. The van der Waals surface area contributed by atoms with E-state index in [1.165, 1.54) is 10.4 Å². The number of aliphatic carboxylic acids is 1. The SMILES string of the molecule is CSCCCN(C)S(=O)(=O)c1ccc(CC(=O)O)s1. The molecule has 5 nitrogen and oxygen atoms in total. The van der Waals surface area contributed by atoms with Gasteiger partial charge < -0.3 is 5.11 Å². The second-order valence-corrected chi connectivity index (χ2v) is 8.39. The van der Waals surface area contributed by atoms with Crippen molar-refractivity contribution in [3.8, 4) is 0 Å². The van der Waals surface area contributed by atoms with E-state index in [-0.39, 0.29) is 10.6 Å². The Morgan fingerprint density at radius 3 is 2.74 bits per heavy atom. The van der Waals surface area contributed by atoms with Gasteiger partial charge in [-0.05, 0) is 30.6 Å². The summed E-state index contributed by atoms with van der Waals surface area (Å²) in [6.07, 6.45) is 2.63. The molecule has 1 aromatic rings. The number of thioether (sulfide) groups is 1. The van der Waals surface area contributed by atoms with Crippen LogP contribution < -0.4 is 0 Å². The summed E-state index contributed by atoms with van der Waals surface area (Å²) in [5.74, 6) is -0.0479. The maximum absolute atomic E-state index is 12.2. The van der Waals surface area contributed by atoms with Crippen LogP contribution in [0.15, 0.2) is 16.3 Å². The van der Waals surface area contributed by atoms with E-state index in [1.54, 1.807) is 24.9 Å². The molecule has 0 aliphatic heterocycles. The molecule has 0 saturated heterocycles. The van der Waals surface area contributed by atoms with Crippen LogP contribution in [0.4, 0.5) is 0 Å². The molecule has 108 valence electrons. The van der Waals surface area contributed by atoms with Crippen LogP contribution in [0.5, 0.6) is 0 Å². The lowest BCUT2D eigenvalue weighted by molar-refractivity contribution is -0.136. The number of carboxylic acid groups (broad SMARTS) is 1. The van der Waals surface area contributed by atoms with E-state index in [1.807, 2.05) is 6.26 Å². The Kier molecular flexibility index (Phi) is 6.31. The maximum Gasteiger partial charge on any atom is 0.308 e. The van der Waals surface area contributed by atoms with Gasteiger partial charge in [-0.25, -0.2) is 12.7 Å². The van der Waals surface area contributed by atoms with Crippen LogP contribution in [-0.4, -0.2) is 49.4 Å². The fourth-order valence-electron chi connectivity index (χ4n) is 1.45. The van der Waals surface area contributed by atoms with Gasteiger partial charge in [0.25, 0.3) is 10.0 Å². The minimum atomic E-state index is -3.48. The Bertz CT molecular complexity index is 524. The van der Waals surface area contributed by atoms with Crippen LogP contribution in [0.2, 0.25) is 0 Å². The van der Waals surface area contributed by atoms with Gasteiger partial charge in [0.1, 0.15) is 4.21 Å². The first kappa shape index (κ1) is 16.5. The number of rotatable bonds is 8. The molecular formula is C11H17NO4S3. The smallest absolute Gasteiger partial charge is 0.308 e. The molecule has 8 heteroatoms. The highest BCUT2D eigenvalue weighted by molar-refractivity contribution is 7.98. The number of hydrogen-bond donors (Lipinski definition) is 1. The highest BCUT2D eigenvalue weighted by Crippen LogP contribution is 2.24. The number of thiophene rings is 1. The lowest BCUT2D eigenvalue weighted by Gasteiger charge is -2.15. The minimum Gasteiger partial charge on any atom is -0.481 e.